The Morgan fingerprint density at radius 1 is 1.09 bits per heavy atom. The molecule has 32 heavy (non-hydrogen) atoms. The van der Waals surface area contributed by atoms with Gasteiger partial charge in [-0.15, -0.1) is 0 Å². The third-order valence-corrected chi connectivity index (χ3v) is 6.18. The van der Waals surface area contributed by atoms with Crippen LogP contribution in [0.15, 0.2) is 65.7 Å². The van der Waals surface area contributed by atoms with Crippen LogP contribution in [0.4, 0.5) is 0 Å². The van der Waals surface area contributed by atoms with E-state index in [0.717, 1.165) is 28.2 Å². The van der Waals surface area contributed by atoms with Gasteiger partial charge in [-0.2, -0.15) is 5.10 Å². The highest BCUT2D eigenvalue weighted by Crippen LogP contribution is 2.30. The second-order valence-electron chi connectivity index (χ2n) is 8.05. The zero-order valence-electron chi connectivity index (χ0n) is 18.1. The van der Waals surface area contributed by atoms with E-state index in [9.17, 15) is 9.59 Å². The number of carbonyl (C=O) groups is 1. The molecule has 2 N–H and O–H groups in total. The maximum absolute atomic E-state index is 13.3. The maximum atomic E-state index is 13.3. The predicted molar refractivity (Wildman–Crippen MR) is 127 cm³/mol. The first-order valence-corrected chi connectivity index (χ1v) is 10.9. The number of para-hydroxylation sites is 2. The summed E-state index contributed by atoms with van der Waals surface area (Å²) in [7, 11) is 1.63. The fourth-order valence-corrected chi connectivity index (χ4v) is 4.57. The Kier molecular flexibility index (Phi) is 5.01. The number of nitrogens with zero attached hydrogens (tertiary/aromatic N) is 3. The molecule has 0 spiro atoms. The number of aromatic nitrogens is 4. The Hall–Kier alpha value is -3.87. The quantitative estimate of drug-likeness (QED) is 0.434. The molecule has 0 bridgehead atoms. The molecule has 0 unspecified atom stereocenters. The molecular formula is C25H25N5O2. The summed E-state index contributed by atoms with van der Waals surface area (Å²) in [5.41, 5.74) is 3.44. The summed E-state index contributed by atoms with van der Waals surface area (Å²) >= 11 is 0. The maximum Gasteiger partial charge on any atom is 0.291 e. The molecule has 0 radical (unpaired) electrons. The number of amides is 1. The molecular weight excluding hydrogens is 402 g/mol. The number of benzene rings is 2. The van der Waals surface area contributed by atoms with Crippen molar-refractivity contribution >= 4 is 38.6 Å². The van der Waals surface area contributed by atoms with E-state index in [-0.39, 0.29) is 11.5 Å². The third-order valence-electron chi connectivity index (χ3n) is 6.18. The monoisotopic (exact) mass is 427 g/mol. The topological polar surface area (TPSA) is 84.7 Å². The van der Waals surface area contributed by atoms with Gasteiger partial charge in [-0.05, 0) is 30.5 Å². The average Bonchev–Trinajstić information content (AvgIpc) is 3.37. The molecule has 0 saturated carbocycles. The molecule has 7 heteroatoms. The number of carbonyl (C=O) groups excluding carboxylic acids is 1. The second-order valence-corrected chi connectivity index (χ2v) is 8.05. The van der Waals surface area contributed by atoms with Gasteiger partial charge in [0.15, 0.2) is 0 Å². The molecule has 1 atom stereocenters. The molecule has 2 aromatic carbocycles. The van der Waals surface area contributed by atoms with Crippen LogP contribution < -0.4 is 10.9 Å². The van der Waals surface area contributed by atoms with Crippen LogP contribution in [0.3, 0.4) is 0 Å². The van der Waals surface area contributed by atoms with Gasteiger partial charge in [0.1, 0.15) is 11.6 Å². The zero-order chi connectivity index (χ0) is 22.2. The molecule has 3 aromatic heterocycles. The Balaban J connectivity index is 1.47. The summed E-state index contributed by atoms with van der Waals surface area (Å²) in [4.78, 5) is 29.6. The molecule has 5 aromatic rings. The van der Waals surface area contributed by atoms with Gasteiger partial charge >= 0.3 is 0 Å². The van der Waals surface area contributed by atoms with Crippen LogP contribution in [-0.4, -0.2) is 31.8 Å². The minimum Gasteiger partial charge on any atom is -0.361 e. The van der Waals surface area contributed by atoms with Crippen LogP contribution in [0.5, 0.6) is 0 Å². The molecule has 0 fully saturated rings. The van der Waals surface area contributed by atoms with E-state index in [1.807, 2.05) is 60.2 Å². The molecule has 0 aliphatic heterocycles. The Bertz CT molecular complexity index is 1510. The number of fused-ring (bicyclic) bond motifs is 4. The molecule has 0 saturated heterocycles. The minimum atomic E-state index is -0.490. The van der Waals surface area contributed by atoms with E-state index in [4.69, 9.17) is 0 Å². The van der Waals surface area contributed by atoms with Gasteiger partial charge in [0, 0.05) is 41.5 Å². The van der Waals surface area contributed by atoms with Crippen LogP contribution in [0.2, 0.25) is 0 Å². The molecule has 7 nitrogen and oxygen atoms in total. The first kappa shape index (κ1) is 20.1. The molecule has 3 heterocycles. The summed E-state index contributed by atoms with van der Waals surface area (Å²) < 4.78 is 3.20. The minimum absolute atomic E-state index is 0.0890. The lowest BCUT2D eigenvalue weighted by Crippen LogP contribution is -2.34. The zero-order valence-corrected chi connectivity index (χ0v) is 18.1. The number of hydrogen-bond donors (Lipinski definition) is 2. The lowest BCUT2D eigenvalue weighted by atomic mass is 10.1. The van der Waals surface area contributed by atoms with Crippen molar-refractivity contribution in [2.75, 3.05) is 6.54 Å². The van der Waals surface area contributed by atoms with E-state index >= 15 is 0 Å². The van der Waals surface area contributed by atoms with Gasteiger partial charge < -0.3 is 14.9 Å². The normalized spacial score (nSPS) is 12.6. The van der Waals surface area contributed by atoms with Gasteiger partial charge in [-0.25, -0.2) is 4.68 Å². The Labute approximate surface area is 184 Å². The first-order chi connectivity index (χ1) is 15.6. The largest absolute Gasteiger partial charge is 0.361 e. The smallest absolute Gasteiger partial charge is 0.291 e. The van der Waals surface area contributed by atoms with Crippen molar-refractivity contribution in [2.45, 2.75) is 25.8 Å². The summed E-state index contributed by atoms with van der Waals surface area (Å²) in [5.74, 6) is -0.0890. The summed E-state index contributed by atoms with van der Waals surface area (Å²) in [6, 6.07) is 15.4. The van der Waals surface area contributed by atoms with Crippen LogP contribution in [0, 0.1) is 0 Å². The highest BCUT2D eigenvalue weighted by atomic mass is 16.2. The van der Waals surface area contributed by atoms with Crippen molar-refractivity contribution in [3.05, 3.63) is 76.8 Å². The van der Waals surface area contributed by atoms with Gasteiger partial charge in [-0.3, -0.25) is 9.59 Å². The Morgan fingerprint density at radius 3 is 2.66 bits per heavy atom. The summed E-state index contributed by atoms with van der Waals surface area (Å²) in [6.45, 7) is 2.49. The second kappa shape index (κ2) is 8.00. The van der Waals surface area contributed by atoms with E-state index in [1.54, 1.807) is 13.2 Å². The number of nitrogens with one attached hydrogen (secondary N) is 2. The third kappa shape index (κ3) is 3.17. The number of aryl methyl sites for hydroxylation is 1. The first-order valence-electron chi connectivity index (χ1n) is 10.9. The van der Waals surface area contributed by atoms with Gasteiger partial charge in [0.05, 0.1) is 11.7 Å². The van der Waals surface area contributed by atoms with Gasteiger partial charge in [0.2, 0.25) is 5.91 Å². The fraction of sp³-hybridized carbons (Fsp3) is 0.240. The molecule has 5 rings (SSSR count). The number of rotatable bonds is 6. The Morgan fingerprint density at radius 2 is 1.84 bits per heavy atom. The van der Waals surface area contributed by atoms with Crippen LogP contribution >= 0.6 is 0 Å². The van der Waals surface area contributed by atoms with Crippen LogP contribution in [0.1, 0.15) is 24.9 Å². The van der Waals surface area contributed by atoms with Crippen molar-refractivity contribution in [1.82, 2.24) is 24.6 Å². The number of aromatic amines is 1. The van der Waals surface area contributed by atoms with Crippen molar-refractivity contribution in [2.24, 2.45) is 7.05 Å². The van der Waals surface area contributed by atoms with E-state index in [2.05, 4.69) is 21.5 Å². The van der Waals surface area contributed by atoms with Crippen molar-refractivity contribution in [3.8, 4) is 0 Å². The van der Waals surface area contributed by atoms with Crippen LogP contribution in [-0.2, 0) is 18.3 Å². The number of H-pyrrole nitrogens is 1. The van der Waals surface area contributed by atoms with Gasteiger partial charge in [0.25, 0.3) is 5.56 Å². The van der Waals surface area contributed by atoms with Crippen molar-refractivity contribution in [1.29, 1.82) is 0 Å². The number of hydrogen-bond acceptors (Lipinski definition) is 3. The average molecular weight is 428 g/mol. The van der Waals surface area contributed by atoms with E-state index in [0.29, 0.717) is 18.5 Å². The van der Waals surface area contributed by atoms with E-state index in [1.165, 1.54) is 15.6 Å². The van der Waals surface area contributed by atoms with Crippen LogP contribution in [0.25, 0.3) is 32.7 Å². The summed E-state index contributed by atoms with van der Waals surface area (Å²) in [5, 5.41) is 10.2. The van der Waals surface area contributed by atoms with Crippen molar-refractivity contribution < 1.29 is 4.79 Å². The predicted octanol–water partition coefficient (Wildman–Crippen LogP) is 3.68. The fourth-order valence-electron chi connectivity index (χ4n) is 4.57. The lowest BCUT2D eigenvalue weighted by molar-refractivity contribution is -0.124. The lowest BCUT2D eigenvalue weighted by Gasteiger charge is -2.19. The van der Waals surface area contributed by atoms with E-state index < -0.39 is 6.04 Å². The highest BCUT2D eigenvalue weighted by molar-refractivity contribution is 6.08. The molecule has 162 valence electrons. The summed E-state index contributed by atoms with van der Waals surface area (Å²) in [6.07, 6.45) is 5.00. The van der Waals surface area contributed by atoms with Crippen molar-refractivity contribution in [3.63, 3.8) is 0 Å². The standard InChI is InChI=1S/C25H25N5O2/c1-3-21(24(31)26-13-12-16-14-27-20-10-6-4-8-17(16)20)30-22-11-7-5-9-18(22)19-15-28-29(2)25(32)23(19)30/h4-11,14-15,21,27H,3,12-13H2,1-2H3,(H,26,31)/t21-/m1/s1. The molecule has 0 aliphatic rings. The van der Waals surface area contributed by atoms with Gasteiger partial charge in [-0.1, -0.05) is 43.3 Å². The highest BCUT2D eigenvalue weighted by Gasteiger charge is 2.25. The SMILES string of the molecule is CC[C@H](C(=O)NCCc1c[nH]c2ccccc12)n1c2ccccc2c2cnn(C)c(=O)c21. The molecule has 1 amide bonds. The molecule has 0 aliphatic carbocycles.